The Bertz CT molecular complexity index is 1730. The molecule has 2 aromatic heterocycles. The number of phenols is 1. The predicted octanol–water partition coefficient (Wildman–Crippen LogP) is 1.69. The van der Waals surface area contributed by atoms with Crippen LogP contribution in [0.15, 0.2) is 57.2 Å². The van der Waals surface area contributed by atoms with E-state index in [4.69, 9.17) is 5.73 Å². The maximum Gasteiger partial charge on any atom is 0.352 e. The fourth-order valence-electron chi connectivity index (χ4n) is 4.83. The Hall–Kier alpha value is -4.62. The summed E-state index contributed by atoms with van der Waals surface area (Å²) in [6.07, 6.45) is 3.25. The molecule has 7 N–H and O–H groups in total. The zero-order chi connectivity index (χ0) is 33.1. The molecule has 46 heavy (non-hydrogen) atoms. The van der Waals surface area contributed by atoms with E-state index in [0.29, 0.717) is 9.91 Å². The highest BCUT2D eigenvalue weighted by Crippen LogP contribution is 2.42. The van der Waals surface area contributed by atoms with Crippen molar-refractivity contribution in [2.45, 2.75) is 48.1 Å². The number of amides is 4. The van der Waals surface area contributed by atoms with Crippen molar-refractivity contribution in [1.29, 1.82) is 0 Å². The molecule has 4 heterocycles. The maximum absolute atomic E-state index is 14.0. The fourth-order valence-corrected chi connectivity index (χ4v) is 7.76. The Balaban J connectivity index is 1.42. The molecule has 5 rings (SSSR count). The van der Waals surface area contributed by atoms with E-state index in [-0.39, 0.29) is 46.2 Å². The second-order valence-electron chi connectivity index (χ2n) is 10.3. The van der Waals surface area contributed by atoms with Gasteiger partial charge in [-0.3, -0.25) is 29.2 Å². The van der Waals surface area contributed by atoms with E-state index in [0.717, 1.165) is 22.4 Å². The third-order valence-corrected chi connectivity index (χ3v) is 10.5. The van der Waals surface area contributed by atoms with Gasteiger partial charge in [-0.25, -0.2) is 19.6 Å². The van der Waals surface area contributed by atoms with Gasteiger partial charge >= 0.3 is 12.0 Å². The number of nitrogens with one attached hydrogen (secondary N) is 3. The summed E-state index contributed by atoms with van der Waals surface area (Å²) in [5, 5.41) is 24.8. The van der Waals surface area contributed by atoms with Gasteiger partial charge < -0.3 is 26.6 Å². The number of aromatic amines is 1. The molecule has 0 bridgehead atoms. The lowest BCUT2D eigenvalue weighted by molar-refractivity contribution is -0.150. The molecule has 0 spiro atoms. The molecule has 4 atom stereocenters. The lowest BCUT2D eigenvalue weighted by atomic mass is 10.00. The Morgan fingerprint density at radius 3 is 2.59 bits per heavy atom. The van der Waals surface area contributed by atoms with Crippen LogP contribution < -0.4 is 26.8 Å². The molecular formula is C27H29N9O7S3. The molecule has 1 saturated heterocycles. The number of urea groups is 1. The number of β-lactam (4-membered cyclic amide) rings is 1. The number of primary amides is 1. The molecule has 3 unspecified atom stereocenters. The molecule has 19 heteroatoms. The molecule has 0 radical (unpaired) electrons. The number of hydrogen-bond donors (Lipinski definition) is 6. The van der Waals surface area contributed by atoms with E-state index in [1.165, 1.54) is 65.6 Å². The highest BCUT2D eigenvalue weighted by Gasteiger charge is 2.55. The van der Waals surface area contributed by atoms with Gasteiger partial charge in [-0.05, 0) is 48.1 Å². The average Bonchev–Trinajstić information content (AvgIpc) is 3.55. The number of anilines is 2. The maximum atomic E-state index is 14.0. The molecule has 242 valence electrons. The zero-order valence-electron chi connectivity index (χ0n) is 24.4. The van der Waals surface area contributed by atoms with Gasteiger partial charge in [0.25, 0.3) is 11.5 Å². The summed E-state index contributed by atoms with van der Waals surface area (Å²) in [6.45, 7) is 3.83. The quantitative estimate of drug-likeness (QED) is 0.118. The minimum atomic E-state index is -1.57. The van der Waals surface area contributed by atoms with Crippen molar-refractivity contribution in [2.75, 3.05) is 21.7 Å². The first-order valence-corrected chi connectivity index (χ1v) is 16.6. The number of carbonyl (C=O) groups is 4. The van der Waals surface area contributed by atoms with Gasteiger partial charge in [0.05, 0.1) is 6.20 Å². The number of carboxylic acids is 1. The normalized spacial score (nSPS) is 18.7. The standard InChI is InChI=1S/C27H29N9O7S3/c1-3-12(2)32-26-29-8-16(20(38)34-26)35(25(28)43)18(13-4-6-15(37)7-5-13)21(39)33-17-22(40)36-19(24(41)42)14(9-44-23(17)36)10-45-27-30-11-31-46-27/h4-8,11-12,17-18,23,37H,3,9-10H2,1-2H3,(H2,28,43)(H,33,39)(H,41,42)(H2,29,32,34,38)/t12?,17?,18?,23-/m0/s1. The Kier molecular flexibility index (Phi) is 9.82. The molecule has 2 aliphatic rings. The van der Waals surface area contributed by atoms with Crippen molar-refractivity contribution in [3.8, 4) is 5.75 Å². The van der Waals surface area contributed by atoms with E-state index in [1.807, 2.05) is 13.8 Å². The summed E-state index contributed by atoms with van der Waals surface area (Å²) in [7, 11) is 0. The largest absolute Gasteiger partial charge is 0.508 e. The minimum absolute atomic E-state index is 0.0179. The van der Waals surface area contributed by atoms with Gasteiger partial charge in [-0.1, -0.05) is 30.8 Å². The Morgan fingerprint density at radius 2 is 1.98 bits per heavy atom. The molecule has 2 aliphatic heterocycles. The third kappa shape index (κ3) is 6.65. The van der Waals surface area contributed by atoms with Gasteiger partial charge in [0.15, 0.2) is 4.34 Å². The first kappa shape index (κ1) is 32.8. The smallest absolute Gasteiger partial charge is 0.352 e. The highest BCUT2D eigenvalue weighted by molar-refractivity contribution is 8.01. The predicted molar refractivity (Wildman–Crippen MR) is 171 cm³/mol. The third-order valence-electron chi connectivity index (χ3n) is 7.25. The number of aromatic nitrogens is 4. The van der Waals surface area contributed by atoms with Crippen LogP contribution in [0.3, 0.4) is 0 Å². The van der Waals surface area contributed by atoms with E-state index < -0.39 is 46.8 Å². The second kappa shape index (κ2) is 13.8. The molecule has 0 aliphatic carbocycles. The van der Waals surface area contributed by atoms with Crippen LogP contribution in [0.5, 0.6) is 5.75 Å². The number of phenolic OH excluding ortho intramolecular Hbond substituents is 1. The van der Waals surface area contributed by atoms with Crippen molar-refractivity contribution in [1.82, 2.24) is 29.5 Å². The molecule has 16 nitrogen and oxygen atoms in total. The highest BCUT2D eigenvalue weighted by atomic mass is 32.2. The second-order valence-corrected chi connectivity index (χ2v) is 13.4. The number of benzene rings is 1. The Morgan fingerprint density at radius 1 is 1.24 bits per heavy atom. The molecule has 0 saturated carbocycles. The number of rotatable bonds is 12. The summed E-state index contributed by atoms with van der Waals surface area (Å²) in [6, 6.07) is 1.42. The van der Waals surface area contributed by atoms with Crippen LogP contribution in [0.25, 0.3) is 0 Å². The number of thioether (sulfide) groups is 2. The van der Waals surface area contributed by atoms with Crippen molar-refractivity contribution >= 4 is 70.5 Å². The van der Waals surface area contributed by atoms with E-state index in [2.05, 4.69) is 30.0 Å². The molecular weight excluding hydrogens is 659 g/mol. The van der Waals surface area contributed by atoms with E-state index in [1.54, 1.807) is 0 Å². The number of fused-ring (bicyclic) bond motifs is 1. The first-order chi connectivity index (χ1) is 22.0. The van der Waals surface area contributed by atoms with Crippen LogP contribution in [0, 0.1) is 0 Å². The number of nitrogens with zero attached hydrogens (tertiary/aromatic N) is 5. The van der Waals surface area contributed by atoms with Gasteiger partial charge in [0, 0.05) is 17.5 Å². The van der Waals surface area contributed by atoms with Crippen LogP contribution in [0.4, 0.5) is 16.4 Å². The summed E-state index contributed by atoms with van der Waals surface area (Å²) < 4.78 is 4.58. The van der Waals surface area contributed by atoms with Crippen molar-refractivity contribution in [2.24, 2.45) is 5.73 Å². The van der Waals surface area contributed by atoms with Gasteiger partial charge in [0.1, 0.15) is 40.9 Å². The van der Waals surface area contributed by atoms with Crippen LogP contribution >= 0.6 is 35.1 Å². The average molecular weight is 688 g/mol. The number of carboxylic acid groups (broad SMARTS) is 1. The van der Waals surface area contributed by atoms with Crippen molar-refractivity contribution < 1.29 is 29.4 Å². The van der Waals surface area contributed by atoms with Crippen LogP contribution in [0.1, 0.15) is 31.9 Å². The molecule has 1 fully saturated rings. The SMILES string of the molecule is CCC(C)Nc1ncc(N(C(N)=O)C(C(=O)NC2C(=O)N3C(C(=O)O)=C(CSc4ncns4)CS[C@@H]23)c2ccc(O)cc2)c(=O)[nH]1. The number of hydrogen-bond acceptors (Lipinski definition) is 13. The number of aromatic hydroxyl groups is 1. The zero-order valence-corrected chi connectivity index (χ0v) is 26.8. The van der Waals surface area contributed by atoms with E-state index in [9.17, 15) is 34.2 Å². The van der Waals surface area contributed by atoms with Gasteiger partial charge in [-0.15, -0.1) is 11.8 Å². The molecule has 1 aromatic carbocycles. The van der Waals surface area contributed by atoms with Crippen LogP contribution in [0.2, 0.25) is 0 Å². The summed E-state index contributed by atoms with van der Waals surface area (Å²) in [5.74, 6) is -2.22. The Labute approximate surface area is 274 Å². The number of nitrogens with two attached hydrogens (primary N) is 1. The van der Waals surface area contributed by atoms with Crippen LogP contribution in [-0.4, -0.2) is 87.2 Å². The molecule has 4 amide bonds. The summed E-state index contributed by atoms with van der Waals surface area (Å²) >= 11 is 3.75. The molecule has 3 aromatic rings. The van der Waals surface area contributed by atoms with E-state index >= 15 is 0 Å². The number of H-pyrrole nitrogens is 1. The monoisotopic (exact) mass is 687 g/mol. The lowest BCUT2D eigenvalue weighted by Gasteiger charge is -2.49. The fraction of sp³-hybridized carbons (Fsp3) is 0.333. The number of aliphatic carboxylic acids is 1. The summed E-state index contributed by atoms with van der Waals surface area (Å²) in [5.41, 5.74) is 5.15. The number of carbonyl (C=O) groups excluding carboxylic acids is 3. The lowest BCUT2D eigenvalue weighted by Crippen LogP contribution is -2.71. The van der Waals surface area contributed by atoms with Crippen molar-refractivity contribution in [3.05, 3.63) is 64.0 Å². The van der Waals surface area contributed by atoms with Crippen molar-refractivity contribution in [3.63, 3.8) is 0 Å². The van der Waals surface area contributed by atoms with Gasteiger partial charge in [0.2, 0.25) is 11.9 Å². The minimum Gasteiger partial charge on any atom is -0.508 e. The van der Waals surface area contributed by atoms with Gasteiger partial charge in [-0.2, -0.15) is 4.37 Å². The first-order valence-electron chi connectivity index (χ1n) is 13.8. The topological polar surface area (TPSA) is 237 Å². The summed E-state index contributed by atoms with van der Waals surface area (Å²) in [4.78, 5) is 78.3. The van der Waals surface area contributed by atoms with Crippen LogP contribution in [-0.2, 0) is 14.4 Å².